The molecule has 1 aliphatic rings. The van der Waals surface area contributed by atoms with Crippen molar-refractivity contribution in [3.63, 3.8) is 0 Å². The van der Waals surface area contributed by atoms with Crippen molar-refractivity contribution in [2.24, 2.45) is 10.2 Å². The first-order chi connectivity index (χ1) is 7.58. The van der Waals surface area contributed by atoms with E-state index in [4.69, 9.17) is 0 Å². The van der Waals surface area contributed by atoms with Gasteiger partial charge in [0.15, 0.2) is 0 Å². The maximum absolute atomic E-state index is 11.7. The molecule has 0 radical (unpaired) electrons. The van der Waals surface area contributed by atoms with E-state index in [9.17, 15) is 4.79 Å². The minimum atomic E-state index is -0.225. The molecule has 0 atom stereocenters. The second-order valence-corrected chi connectivity index (χ2v) is 4.40. The van der Waals surface area contributed by atoms with E-state index in [0.29, 0.717) is 6.54 Å². The molecule has 0 aliphatic carbocycles. The average Bonchev–Trinajstić information content (AvgIpc) is 2.27. The molecule has 0 aromatic rings. The minimum absolute atomic E-state index is 0.225. The van der Waals surface area contributed by atoms with Gasteiger partial charge >= 0.3 is 6.03 Å². The second-order valence-electron chi connectivity index (χ2n) is 3.64. The number of rotatable bonds is 3. The number of amides is 2. The summed E-state index contributed by atoms with van der Waals surface area (Å²) in [5.41, 5.74) is 1.91. The number of nitrogens with one attached hydrogen (secondary N) is 1. The molecule has 90 valence electrons. The van der Waals surface area contributed by atoms with Gasteiger partial charge < -0.3 is 4.90 Å². The maximum atomic E-state index is 11.7. The van der Waals surface area contributed by atoms with Crippen LogP contribution in [-0.2, 0) is 0 Å². The van der Waals surface area contributed by atoms with E-state index in [2.05, 4.69) is 36.6 Å². The SMILES string of the molecule is CCC1=NN(C(=O)N(C)C)N=C(CNI)C1. The van der Waals surface area contributed by atoms with Crippen molar-refractivity contribution in [3.8, 4) is 0 Å². The Balaban J connectivity index is 2.84. The fourth-order valence-corrected chi connectivity index (χ4v) is 1.67. The van der Waals surface area contributed by atoms with Crippen LogP contribution in [0.2, 0.25) is 0 Å². The molecule has 0 saturated heterocycles. The molecule has 1 aliphatic heterocycles. The first-order valence-electron chi connectivity index (χ1n) is 5.06. The van der Waals surface area contributed by atoms with Crippen LogP contribution in [0.4, 0.5) is 4.79 Å². The van der Waals surface area contributed by atoms with Crippen LogP contribution in [0.3, 0.4) is 0 Å². The zero-order valence-corrected chi connectivity index (χ0v) is 11.9. The lowest BCUT2D eigenvalue weighted by molar-refractivity contribution is 0.174. The predicted molar refractivity (Wildman–Crippen MR) is 72.7 cm³/mol. The van der Waals surface area contributed by atoms with Gasteiger partial charge in [-0.25, -0.2) is 4.79 Å². The molecule has 0 fully saturated rings. The van der Waals surface area contributed by atoms with Gasteiger partial charge in [-0.15, -0.1) is 0 Å². The highest BCUT2D eigenvalue weighted by atomic mass is 127. The van der Waals surface area contributed by atoms with Crippen LogP contribution in [0.25, 0.3) is 0 Å². The molecular weight excluding hydrogens is 321 g/mol. The van der Waals surface area contributed by atoms with Crippen molar-refractivity contribution in [1.82, 2.24) is 13.5 Å². The third-order valence-electron chi connectivity index (χ3n) is 2.11. The lowest BCUT2D eigenvalue weighted by Gasteiger charge is -2.22. The topological polar surface area (TPSA) is 60.3 Å². The van der Waals surface area contributed by atoms with Crippen LogP contribution in [-0.4, -0.2) is 48.1 Å². The van der Waals surface area contributed by atoms with Gasteiger partial charge in [-0.1, -0.05) is 12.0 Å². The van der Waals surface area contributed by atoms with Crippen molar-refractivity contribution < 1.29 is 4.79 Å². The van der Waals surface area contributed by atoms with Gasteiger partial charge in [0.1, 0.15) is 0 Å². The van der Waals surface area contributed by atoms with E-state index in [1.54, 1.807) is 14.1 Å². The second kappa shape index (κ2) is 6.14. The predicted octanol–water partition coefficient (Wildman–Crippen LogP) is 1.44. The largest absolute Gasteiger partial charge is 0.361 e. The first-order valence-corrected chi connectivity index (χ1v) is 6.14. The molecule has 0 aromatic heterocycles. The van der Waals surface area contributed by atoms with E-state index >= 15 is 0 Å². The summed E-state index contributed by atoms with van der Waals surface area (Å²) in [5.74, 6) is 0. The molecule has 1 heterocycles. The number of urea groups is 1. The van der Waals surface area contributed by atoms with E-state index in [1.165, 1.54) is 10.0 Å². The normalized spacial score (nSPS) is 15.6. The van der Waals surface area contributed by atoms with Crippen molar-refractivity contribution in [2.75, 3.05) is 20.6 Å². The van der Waals surface area contributed by atoms with Gasteiger partial charge in [-0.05, 0) is 6.42 Å². The molecule has 16 heavy (non-hydrogen) atoms. The summed E-state index contributed by atoms with van der Waals surface area (Å²) in [6.45, 7) is 2.69. The van der Waals surface area contributed by atoms with Gasteiger partial charge in [0, 0.05) is 55.6 Å². The number of hydrogen-bond donors (Lipinski definition) is 1. The smallest absolute Gasteiger partial charge is 0.328 e. The molecule has 6 nitrogen and oxygen atoms in total. The summed E-state index contributed by atoms with van der Waals surface area (Å²) in [7, 11) is 3.37. The number of carbonyl (C=O) groups excluding carboxylic acids is 1. The van der Waals surface area contributed by atoms with Crippen molar-refractivity contribution in [2.45, 2.75) is 19.8 Å². The number of nitrogens with zero attached hydrogens (tertiary/aromatic N) is 4. The fourth-order valence-electron chi connectivity index (χ4n) is 1.23. The maximum Gasteiger partial charge on any atom is 0.361 e. The number of halogens is 1. The lowest BCUT2D eigenvalue weighted by Crippen LogP contribution is -2.37. The molecule has 1 rings (SSSR count). The summed E-state index contributed by atoms with van der Waals surface area (Å²) in [5, 5.41) is 9.56. The molecule has 0 bridgehead atoms. The average molecular weight is 337 g/mol. The monoisotopic (exact) mass is 337 g/mol. The van der Waals surface area contributed by atoms with Gasteiger partial charge in [-0.2, -0.15) is 10.2 Å². The Bertz CT molecular complexity index is 326. The van der Waals surface area contributed by atoms with Crippen LogP contribution in [0.15, 0.2) is 10.2 Å². The van der Waals surface area contributed by atoms with E-state index in [0.717, 1.165) is 24.3 Å². The highest BCUT2D eigenvalue weighted by Crippen LogP contribution is 2.09. The molecule has 2 amide bonds. The summed E-state index contributed by atoms with van der Waals surface area (Å²) >= 11 is 2.06. The lowest BCUT2D eigenvalue weighted by atomic mass is 10.1. The first kappa shape index (κ1) is 13.4. The molecular formula is C9H16IN5O. The fraction of sp³-hybridized carbons (Fsp3) is 0.667. The van der Waals surface area contributed by atoms with Crippen LogP contribution in [0.5, 0.6) is 0 Å². The molecule has 0 spiro atoms. The zero-order chi connectivity index (χ0) is 12.1. The zero-order valence-electron chi connectivity index (χ0n) is 9.70. The highest BCUT2D eigenvalue weighted by Gasteiger charge is 2.20. The van der Waals surface area contributed by atoms with Crippen molar-refractivity contribution in [1.29, 1.82) is 0 Å². The van der Waals surface area contributed by atoms with E-state index in [1.807, 2.05) is 6.92 Å². The number of carbonyl (C=O) groups is 1. The van der Waals surface area contributed by atoms with Gasteiger partial charge in [0.05, 0.1) is 5.71 Å². The quantitative estimate of drug-likeness (QED) is 0.626. The van der Waals surface area contributed by atoms with E-state index < -0.39 is 0 Å². The van der Waals surface area contributed by atoms with Crippen molar-refractivity contribution in [3.05, 3.63) is 0 Å². The molecule has 0 saturated carbocycles. The standard InChI is InChI=1S/C9H16IN5O/c1-4-7-5-8(6-11-10)13-15(12-7)9(16)14(2)3/h11H,4-6H2,1-3H3. The van der Waals surface area contributed by atoms with Gasteiger partial charge in [0.25, 0.3) is 0 Å². The Morgan fingerprint density at radius 2 is 2.12 bits per heavy atom. The van der Waals surface area contributed by atoms with Crippen LogP contribution in [0.1, 0.15) is 19.8 Å². The molecule has 7 heteroatoms. The third-order valence-corrected chi connectivity index (χ3v) is 2.49. The van der Waals surface area contributed by atoms with E-state index in [-0.39, 0.29) is 6.03 Å². The summed E-state index contributed by atoms with van der Waals surface area (Å²) in [6.07, 6.45) is 1.57. The Kier molecular flexibility index (Phi) is 5.13. The molecule has 0 aromatic carbocycles. The Hall–Kier alpha value is -0.700. The van der Waals surface area contributed by atoms with Crippen LogP contribution >= 0.6 is 22.9 Å². The third kappa shape index (κ3) is 3.41. The molecule has 0 unspecified atom stereocenters. The summed E-state index contributed by atoms with van der Waals surface area (Å²) < 4.78 is 3.00. The van der Waals surface area contributed by atoms with Gasteiger partial charge in [-0.3, -0.25) is 3.53 Å². The number of hydrazone groups is 2. The van der Waals surface area contributed by atoms with Crippen LogP contribution in [0, 0.1) is 0 Å². The summed E-state index contributed by atoms with van der Waals surface area (Å²) in [4.78, 5) is 13.2. The van der Waals surface area contributed by atoms with Gasteiger partial charge in [0.2, 0.25) is 0 Å². The Labute approximate surface area is 109 Å². The number of hydrogen-bond acceptors (Lipinski definition) is 4. The van der Waals surface area contributed by atoms with Crippen LogP contribution < -0.4 is 3.53 Å². The highest BCUT2D eigenvalue weighted by molar-refractivity contribution is 14.1. The van der Waals surface area contributed by atoms with Crippen molar-refractivity contribution >= 4 is 40.3 Å². The Morgan fingerprint density at radius 3 is 2.62 bits per heavy atom. The Morgan fingerprint density at radius 1 is 1.50 bits per heavy atom. The summed E-state index contributed by atoms with van der Waals surface area (Å²) in [6, 6.07) is -0.225. The minimum Gasteiger partial charge on any atom is -0.328 e. The molecule has 1 N–H and O–H groups in total.